The van der Waals surface area contributed by atoms with Crippen LogP contribution in [0, 0.1) is 50.2 Å². The second-order valence-corrected chi connectivity index (χ2v) is 17.0. The number of carbonyl (C=O) groups excluding carboxylic acids is 5. The summed E-state index contributed by atoms with van der Waals surface area (Å²) in [4.78, 5) is 65.5. The highest BCUT2D eigenvalue weighted by Gasteiger charge is 2.73. The Balaban J connectivity index is 1.67. The van der Waals surface area contributed by atoms with Crippen molar-refractivity contribution in [2.45, 2.75) is 126 Å². The summed E-state index contributed by atoms with van der Waals surface area (Å²) in [5, 5.41) is 0. The first-order valence-electron chi connectivity index (χ1n) is 17.0. The summed E-state index contributed by atoms with van der Waals surface area (Å²) in [5.74, 6) is -2.30. The zero-order valence-electron chi connectivity index (χ0n) is 29.5. The molecular formula is C37H54O9. The standard InChI is InChI=1S/C37H54O9/c1-21(38)44-20-34(7)28-11-12-36(9)29(33(28,6)19-27(45-22(2)39)30(34)46-23(3)40)26(41)17-24-25-18-32(4,5)13-15-37(25,31(42)43-10)16-14-35(24,36)8/h17,25,27-30H,11-16,18-20H2,1-10H3. The van der Waals surface area contributed by atoms with E-state index < -0.39 is 57.7 Å². The summed E-state index contributed by atoms with van der Waals surface area (Å²) in [6.07, 6.45) is 5.94. The number of ketones is 1. The molecule has 0 aliphatic heterocycles. The molecule has 256 valence electrons. The van der Waals surface area contributed by atoms with Gasteiger partial charge in [0, 0.05) is 32.1 Å². The molecule has 4 fully saturated rings. The number of hydrogen-bond acceptors (Lipinski definition) is 9. The molecule has 9 nitrogen and oxygen atoms in total. The molecule has 0 aromatic carbocycles. The third-order valence-electron chi connectivity index (χ3n) is 13.9. The van der Waals surface area contributed by atoms with Crippen LogP contribution in [-0.2, 0) is 42.9 Å². The van der Waals surface area contributed by atoms with Gasteiger partial charge in [-0.2, -0.15) is 0 Å². The van der Waals surface area contributed by atoms with Gasteiger partial charge in [-0.3, -0.25) is 24.0 Å². The first kappa shape index (κ1) is 34.6. The van der Waals surface area contributed by atoms with E-state index in [-0.39, 0.29) is 41.0 Å². The molecule has 0 saturated heterocycles. The zero-order chi connectivity index (χ0) is 34.3. The largest absolute Gasteiger partial charge is 0.469 e. The summed E-state index contributed by atoms with van der Waals surface area (Å²) in [6.45, 7) is 17.1. The Labute approximate surface area is 273 Å². The molecule has 5 aliphatic rings. The average Bonchev–Trinajstić information content (AvgIpc) is 2.94. The molecule has 4 saturated carbocycles. The Morgan fingerprint density at radius 1 is 0.826 bits per heavy atom. The highest BCUT2D eigenvalue weighted by Crippen LogP contribution is 2.75. The van der Waals surface area contributed by atoms with E-state index in [1.165, 1.54) is 27.9 Å². The Kier molecular flexibility index (Phi) is 8.42. The molecule has 46 heavy (non-hydrogen) atoms. The van der Waals surface area contributed by atoms with Crippen LogP contribution in [0.1, 0.15) is 114 Å². The normalized spacial score (nSPS) is 44.2. The molecular weight excluding hydrogens is 588 g/mol. The molecule has 0 bridgehead atoms. The van der Waals surface area contributed by atoms with Gasteiger partial charge >= 0.3 is 23.9 Å². The molecule has 0 N–H and O–H groups in total. The van der Waals surface area contributed by atoms with E-state index in [0.29, 0.717) is 19.3 Å². The van der Waals surface area contributed by atoms with Crippen molar-refractivity contribution >= 4 is 29.7 Å². The average molecular weight is 643 g/mol. The van der Waals surface area contributed by atoms with E-state index >= 15 is 0 Å². The van der Waals surface area contributed by atoms with E-state index in [9.17, 15) is 24.0 Å². The van der Waals surface area contributed by atoms with Crippen LogP contribution in [-0.4, -0.2) is 55.6 Å². The monoisotopic (exact) mass is 642 g/mol. The lowest BCUT2D eigenvalue weighted by molar-refractivity contribution is -0.252. The van der Waals surface area contributed by atoms with Crippen LogP contribution in [0.5, 0.6) is 0 Å². The highest BCUT2D eigenvalue weighted by atomic mass is 16.6. The van der Waals surface area contributed by atoms with Crippen molar-refractivity contribution in [3.05, 3.63) is 11.6 Å². The van der Waals surface area contributed by atoms with Crippen molar-refractivity contribution in [3.8, 4) is 0 Å². The van der Waals surface area contributed by atoms with Crippen LogP contribution in [0.2, 0.25) is 0 Å². The number of hydrogen-bond donors (Lipinski definition) is 0. The number of rotatable bonds is 5. The minimum Gasteiger partial charge on any atom is -0.469 e. The first-order chi connectivity index (χ1) is 21.2. The van der Waals surface area contributed by atoms with Gasteiger partial charge in [0.15, 0.2) is 5.78 Å². The molecule has 0 aromatic heterocycles. The van der Waals surface area contributed by atoms with Gasteiger partial charge in [-0.05, 0) is 90.9 Å². The van der Waals surface area contributed by atoms with E-state index in [0.717, 1.165) is 37.7 Å². The maximum atomic E-state index is 14.9. The Bertz CT molecular complexity index is 1360. The molecule has 10 atom stereocenters. The van der Waals surface area contributed by atoms with Crippen LogP contribution in [0.4, 0.5) is 0 Å². The van der Waals surface area contributed by atoms with Gasteiger partial charge in [0.2, 0.25) is 0 Å². The van der Waals surface area contributed by atoms with Crippen molar-refractivity contribution in [1.82, 2.24) is 0 Å². The summed E-state index contributed by atoms with van der Waals surface area (Å²) in [7, 11) is 1.47. The minimum atomic E-state index is -0.920. The summed E-state index contributed by atoms with van der Waals surface area (Å²) in [5.41, 5.74) is -1.93. The fourth-order valence-corrected chi connectivity index (χ4v) is 11.7. The quantitative estimate of drug-likeness (QED) is 0.256. The third kappa shape index (κ3) is 4.96. The number of esters is 4. The van der Waals surface area contributed by atoms with Crippen LogP contribution < -0.4 is 0 Å². The first-order valence-corrected chi connectivity index (χ1v) is 17.0. The van der Waals surface area contributed by atoms with Crippen LogP contribution >= 0.6 is 0 Å². The predicted octanol–water partition coefficient (Wildman–Crippen LogP) is 6.16. The Morgan fingerprint density at radius 3 is 2.04 bits per heavy atom. The lowest BCUT2D eigenvalue weighted by Gasteiger charge is -2.70. The van der Waals surface area contributed by atoms with Crippen molar-refractivity contribution in [2.75, 3.05) is 13.7 Å². The van der Waals surface area contributed by atoms with Crippen LogP contribution in [0.15, 0.2) is 11.6 Å². The Hall–Kier alpha value is -2.71. The van der Waals surface area contributed by atoms with Gasteiger partial charge in [-0.25, -0.2) is 0 Å². The molecule has 5 rings (SSSR count). The van der Waals surface area contributed by atoms with E-state index in [4.69, 9.17) is 18.9 Å². The van der Waals surface area contributed by atoms with Gasteiger partial charge in [-0.1, -0.05) is 47.1 Å². The molecule has 0 amide bonds. The molecule has 5 aliphatic carbocycles. The van der Waals surface area contributed by atoms with Crippen molar-refractivity contribution in [1.29, 1.82) is 0 Å². The predicted molar refractivity (Wildman–Crippen MR) is 169 cm³/mol. The van der Waals surface area contributed by atoms with Crippen molar-refractivity contribution in [2.24, 2.45) is 50.2 Å². The van der Waals surface area contributed by atoms with Gasteiger partial charge in [0.25, 0.3) is 0 Å². The van der Waals surface area contributed by atoms with E-state index in [1.807, 2.05) is 13.0 Å². The van der Waals surface area contributed by atoms with Gasteiger partial charge in [-0.15, -0.1) is 0 Å². The summed E-state index contributed by atoms with van der Waals surface area (Å²) >= 11 is 0. The lowest BCUT2D eigenvalue weighted by Crippen LogP contribution is -2.70. The SMILES string of the molecule is COC(=O)C12CCC(C)(C)CC1C1=CC(=O)C3C4(C)CC(OC(C)=O)C(OC(C)=O)C(C)(COC(C)=O)C4CCC3(C)C1(C)CC2. The van der Waals surface area contributed by atoms with Crippen molar-refractivity contribution < 1.29 is 42.9 Å². The third-order valence-corrected chi connectivity index (χ3v) is 13.9. The highest BCUT2D eigenvalue weighted by molar-refractivity contribution is 5.96. The van der Waals surface area contributed by atoms with E-state index in [2.05, 4.69) is 34.6 Å². The van der Waals surface area contributed by atoms with Crippen LogP contribution in [0.25, 0.3) is 0 Å². The smallest absolute Gasteiger partial charge is 0.312 e. The van der Waals surface area contributed by atoms with Gasteiger partial charge in [0.1, 0.15) is 18.8 Å². The topological polar surface area (TPSA) is 122 Å². The molecule has 10 unspecified atom stereocenters. The number of fused-ring (bicyclic) bond motifs is 7. The summed E-state index contributed by atoms with van der Waals surface area (Å²) in [6, 6.07) is 0. The van der Waals surface area contributed by atoms with Crippen LogP contribution in [0.3, 0.4) is 0 Å². The number of allylic oxidation sites excluding steroid dienone is 2. The fraction of sp³-hybridized carbons (Fsp3) is 0.811. The maximum absolute atomic E-state index is 14.9. The number of methoxy groups -OCH3 is 1. The number of ether oxygens (including phenoxy) is 4. The summed E-state index contributed by atoms with van der Waals surface area (Å²) < 4.78 is 22.9. The molecule has 0 aromatic rings. The molecule has 9 heteroatoms. The lowest BCUT2D eigenvalue weighted by atomic mass is 9.33. The maximum Gasteiger partial charge on any atom is 0.312 e. The van der Waals surface area contributed by atoms with Gasteiger partial charge < -0.3 is 18.9 Å². The number of carbonyl (C=O) groups is 5. The second-order valence-electron chi connectivity index (χ2n) is 17.0. The molecule has 0 spiro atoms. The molecule has 0 heterocycles. The Morgan fingerprint density at radius 2 is 1.46 bits per heavy atom. The fourth-order valence-electron chi connectivity index (χ4n) is 11.7. The van der Waals surface area contributed by atoms with Crippen molar-refractivity contribution in [3.63, 3.8) is 0 Å². The molecule has 0 radical (unpaired) electrons. The minimum absolute atomic E-state index is 0.0244. The van der Waals surface area contributed by atoms with Gasteiger partial charge in [0.05, 0.1) is 12.5 Å². The van der Waals surface area contributed by atoms with E-state index in [1.54, 1.807) is 0 Å². The zero-order valence-corrected chi connectivity index (χ0v) is 29.5. The second kappa shape index (κ2) is 11.2.